The highest BCUT2D eigenvalue weighted by Gasteiger charge is 2.21. The van der Waals surface area contributed by atoms with Gasteiger partial charge in [-0.15, -0.1) is 5.10 Å². The van der Waals surface area contributed by atoms with Crippen LogP contribution in [0.2, 0.25) is 0 Å². The number of methoxy groups -OCH3 is 2. The maximum atomic E-state index is 11.7. The van der Waals surface area contributed by atoms with Crippen molar-refractivity contribution in [3.63, 3.8) is 0 Å². The molecule has 6 rings (SSSR count). The van der Waals surface area contributed by atoms with Crippen LogP contribution < -0.4 is 19.1 Å². The number of imidazole rings is 1. The largest absolute Gasteiger partial charge is 0.496 e. The van der Waals surface area contributed by atoms with E-state index in [-0.39, 0.29) is 6.61 Å². The molecule has 11 nitrogen and oxygen atoms in total. The molecule has 4 aromatic heterocycles. The summed E-state index contributed by atoms with van der Waals surface area (Å²) in [5.41, 5.74) is 1.85. The lowest BCUT2D eigenvalue weighted by molar-refractivity contribution is 0.112. The monoisotopic (exact) mass is 527 g/mol. The molecule has 1 fully saturated rings. The van der Waals surface area contributed by atoms with Crippen LogP contribution in [0.15, 0.2) is 28.8 Å². The zero-order valence-electron chi connectivity index (χ0n) is 19.4. The average Bonchev–Trinajstić information content (AvgIpc) is 3.69. The number of fused-ring (bicyclic) bond motifs is 2. The Morgan fingerprint density at radius 1 is 1.14 bits per heavy atom. The Hall–Kier alpha value is -3.68. The Morgan fingerprint density at radius 3 is 2.78 bits per heavy atom. The summed E-state index contributed by atoms with van der Waals surface area (Å²) in [6.45, 7) is 2.89. The van der Waals surface area contributed by atoms with Gasteiger partial charge in [-0.05, 0) is 17.4 Å². The minimum atomic E-state index is 0.123. The van der Waals surface area contributed by atoms with Crippen molar-refractivity contribution in [2.45, 2.75) is 6.61 Å². The van der Waals surface area contributed by atoms with Crippen LogP contribution in [-0.4, -0.2) is 66.4 Å². The Morgan fingerprint density at radius 2 is 2.00 bits per heavy atom. The fourth-order valence-electron chi connectivity index (χ4n) is 3.95. The number of thiazole rings is 1. The predicted octanol–water partition coefficient (Wildman–Crippen LogP) is 3.91. The third kappa shape index (κ3) is 4.04. The number of hydrogen-bond acceptors (Lipinski definition) is 12. The molecule has 0 aliphatic carbocycles. The van der Waals surface area contributed by atoms with Gasteiger partial charge in [-0.2, -0.15) is 4.52 Å². The van der Waals surface area contributed by atoms with Gasteiger partial charge in [0.05, 0.1) is 43.9 Å². The molecule has 0 bridgehead atoms. The van der Waals surface area contributed by atoms with Gasteiger partial charge in [0.2, 0.25) is 4.96 Å². The van der Waals surface area contributed by atoms with Crippen LogP contribution >= 0.6 is 22.7 Å². The molecule has 1 aliphatic heterocycles. The van der Waals surface area contributed by atoms with Gasteiger partial charge in [0.15, 0.2) is 17.2 Å². The number of carbonyl (C=O) groups is 1. The topological polar surface area (TPSA) is 113 Å². The summed E-state index contributed by atoms with van der Waals surface area (Å²) in [7, 11) is 3.15. The summed E-state index contributed by atoms with van der Waals surface area (Å²) in [5.74, 6) is 1.70. The van der Waals surface area contributed by atoms with Crippen LogP contribution in [0.3, 0.4) is 0 Å². The van der Waals surface area contributed by atoms with Crippen molar-refractivity contribution < 1.29 is 28.2 Å². The maximum absolute atomic E-state index is 11.7. The minimum Gasteiger partial charge on any atom is -0.496 e. The summed E-state index contributed by atoms with van der Waals surface area (Å²) in [6, 6.07) is 5.46. The van der Waals surface area contributed by atoms with Crippen molar-refractivity contribution in [1.82, 2.24) is 19.6 Å². The summed E-state index contributed by atoms with van der Waals surface area (Å²) >= 11 is 2.70. The number of morpholine rings is 1. The molecule has 186 valence electrons. The lowest BCUT2D eigenvalue weighted by atomic mass is 10.2. The molecular formula is C23H21N5O6S2. The fourth-order valence-corrected chi connectivity index (χ4v) is 5.58. The average molecular weight is 528 g/mol. The first kappa shape index (κ1) is 22.8. The summed E-state index contributed by atoms with van der Waals surface area (Å²) in [5, 5.41) is 6.46. The molecule has 13 heteroatoms. The molecule has 0 spiro atoms. The van der Waals surface area contributed by atoms with Crippen molar-refractivity contribution in [2.24, 2.45) is 0 Å². The summed E-state index contributed by atoms with van der Waals surface area (Å²) < 4.78 is 30.1. The van der Waals surface area contributed by atoms with Gasteiger partial charge >= 0.3 is 0 Å². The van der Waals surface area contributed by atoms with E-state index in [4.69, 9.17) is 23.4 Å². The second-order valence-corrected chi connectivity index (χ2v) is 9.80. The normalized spacial score (nSPS) is 14.0. The highest BCUT2D eigenvalue weighted by molar-refractivity contribution is 7.18. The first-order chi connectivity index (χ1) is 17.7. The van der Waals surface area contributed by atoms with E-state index in [1.165, 1.54) is 22.7 Å². The zero-order chi connectivity index (χ0) is 24.6. The molecule has 0 saturated carbocycles. The number of ether oxygens (including phenoxy) is 4. The van der Waals surface area contributed by atoms with Crippen LogP contribution in [0.5, 0.6) is 16.7 Å². The number of carbonyl (C=O) groups excluding carboxylic acids is 1. The number of aromatic nitrogens is 4. The summed E-state index contributed by atoms with van der Waals surface area (Å²) in [4.78, 5) is 24.2. The van der Waals surface area contributed by atoms with Crippen molar-refractivity contribution in [2.75, 3.05) is 45.4 Å². The van der Waals surface area contributed by atoms with E-state index in [9.17, 15) is 4.79 Å². The molecule has 0 N–H and O–H groups in total. The highest BCUT2D eigenvalue weighted by atomic mass is 32.1. The standard InChI is InChI=1S/C23H21N5O6S2/c1-30-13-7-17(33-12-15-20(11-29)35-22(25-15)27-3-5-32-6-4-27)14-9-19(34-18(14)8-13)16-10-24-21-28(16)26-23(31-2)36-21/h7-11H,3-6,12H2,1-2H3. The number of hydrogen-bond donors (Lipinski definition) is 0. The number of rotatable bonds is 8. The number of furan rings is 1. The quantitative estimate of drug-likeness (QED) is 0.275. The van der Waals surface area contributed by atoms with Crippen molar-refractivity contribution in [3.05, 3.63) is 35.0 Å². The van der Waals surface area contributed by atoms with Crippen molar-refractivity contribution in [1.29, 1.82) is 0 Å². The molecule has 36 heavy (non-hydrogen) atoms. The Labute approximate surface area is 212 Å². The van der Waals surface area contributed by atoms with Crippen LogP contribution in [0.4, 0.5) is 5.13 Å². The van der Waals surface area contributed by atoms with Crippen LogP contribution in [0.25, 0.3) is 27.4 Å². The van der Waals surface area contributed by atoms with Crippen molar-refractivity contribution in [3.8, 4) is 28.1 Å². The van der Waals surface area contributed by atoms with Crippen LogP contribution in [0, 0.1) is 0 Å². The van der Waals surface area contributed by atoms with Gasteiger partial charge in [0.1, 0.15) is 35.1 Å². The van der Waals surface area contributed by atoms with Gasteiger partial charge in [-0.25, -0.2) is 9.97 Å². The SMILES string of the molecule is COc1cc(OCc2nc(N3CCOCC3)sc2C=O)c2cc(-c3cnc4sc(OC)nn34)oc2c1. The predicted molar refractivity (Wildman–Crippen MR) is 134 cm³/mol. The Bertz CT molecular complexity index is 1550. The number of nitrogens with zero attached hydrogens (tertiary/aromatic N) is 5. The summed E-state index contributed by atoms with van der Waals surface area (Å²) in [6.07, 6.45) is 2.52. The third-order valence-electron chi connectivity index (χ3n) is 5.77. The second kappa shape index (κ2) is 9.41. The van der Waals surface area contributed by atoms with E-state index < -0.39 is 0 Å². The molecule has 1 saturated heterocycles. The van der Waals surface area contributed by atoms with Gasteiger partial charge < -0.3 is 28.3 Å². The van der Waals surface area contributed by atoms with E-state index in [1.54, 1.807) is 37.1 Å². The van der Waals surface area contributed by atoms with Gasteiger partial charge in [-0.3, -0.25) is 4.79 Å². The first-order valence-electron chi connectivity index (χ1n) is 11.1. The molecule has 1 aliphatic rings. The third-order valence-corrected chi connectivity index (χ3v) is 7.74. The molecule has 0 radical (unpaired) electrons. The highest BCUT2D eigenvalue weighted by Crippen LogP contribution is 2.38. The molecule has 0 atom stereocenters. The maximum Gasteiger partial charge on any atom is 0.294 e. The van der Waals surface area contributed by atoms with Crippen LogP contribution in [0.1, 0.15) is 15.4 Å². The lowest BCUT2D eigenvalue weighted by Gasteiger charge is -2.26. The molecular weight excluding hydrogens is 506 g/mol. The molecule has 0 amide bonds. The second-order valence-electron chi connectivity index (χ2n) is 7.87. The van der Waals surface area contributed by atoms with E-state index in [0.717, 1.165) is 29.9 Å². The van der Waals surface area contributed by atoms with E-state index in [2.05, 4.69) is 20.0 Å². The first-order valence-corrected chi connectivity index (χ1v) is 12.7. The number of benzene rings is 1. The van der Waals surface area contributed by atoms with E-state index >= 15 is 0 Å². The smallest absolute Gasteiger partial charge is 0.294 e. The minimum absolute atomic E-state index is 0.123. The molecule has 5 heterocycles. The van der Waals surface area contributed by atoms with Gasteiger partial charge in [0, 0.05) is 25.2 Å². The van der Waals surface area contributed by atoms with Crippen LogP contribution in [-0.2, 0) is 11.3 Å². The van der Waals surface area contributed by atoms with E-state index in [0.29, 0.717) is 62.5 Å². The van der Waals surface area contributed by atoms with E-state index in [1.807, 2.05) is 6.07 Å². The van der Waals surface area contributed by atoms with Gasteiger partial charge in [0.25, 0.3) is 5.19 Å². The Balaban J connectivity index is 1.32. The van der Waals surface area contributed by atoms with Gasteiger partial charge in [-0.1, -0.05) is 11.3 Å². The fraction of sp³-hybridized carbons (Fsp3) is 0.304. The molecule has 0 unspecified atom stereocenters. The van der Waals surface area contributed by atoms with Crippen molar-refractivity contribution >= 4 is 50.0 Å². The molecule has 5 aromatic rings. The molecule has 1 aromatic carbocycles. The lowest BCUT2D eigenvalue weighted by Crippen LogP contribution is -2.36. The number of aldehydes is 1. The Kier molecular flexibility index (Phi) is 5.95. The number of anilines is 1. The zero-order valence-corrected chi connectivity index (χ0v) is 21.1.